The van der Waals surface area contributed by atoms with Crippen LogP contribution < -0.4 is 5.32 Å². The van der Waals surface area contributed by atoms with Gasteiger partial charge in [0.15, 0.2) is 0 Å². The molecule has 0 heterocycles. The van der Waals surface area contributed by atoms with Crippen LogP contribution in [0.4, 0.5) is 8.78 Å². The molecule has 0 radical (unpaired) electrons. The van der Waals surface area contributed by atoms with Crippen molar-refractivity contribution < 1.29 is 18.3 Å². The average Bonchev–Trinajstić information content (AvgIpc) is 2.02. The van der Waals surface area contributed by atoms with Gasteiger partial charge >= 0.3 is 0 Å². The molecule has 0 rings (SSSR count). The predicted molar refractivity (Wildman–Crippen MR) is 43.5 cm³/mol. The molecule has 5 heteroatoms. The van der Waals surface area contributed by atoms with E-state index in [1.54, 1.807) is 0 Å². The van der Waals surface area contributed by atoms with Gasteiger partial charge in [-0.15, -0.1) is 5.73 Å². The van der Waals surface area contributed by atoms with Crippen LogP contribution in [0.1, 0.15) is 0 Å². The maximum absolute atomic E-state index is 12.6. The summed E-state index contributed by atoms with van der Waals surface area (Å²) in [6.45, 7) is 1.66. The first-order valence-electron chi connectivity index (χ1n) is 3.52. The Morgan fingerprint density at radius 1 is 1.77 bits per heavy atom. The highest BCUT2D eigenvalue weighted by Gasteiger charge is 2.28. The summed E-state index contributed by atoms with van der Waals surface area (Å²) in [6, 6.07) is 0. The number of hydrogen-bond donors (Lipinski definition) is 1. The summed E-state index contributed by atoms with van der Waals surface area (Å²) in [5.74, 6) is -3.69. The van der Waals surface area contributed by atoms with Gasteiger partial charge < -0.3 is 10.1 Å². The molecule has 0 aromatic rings. The highest BCUT2D eigenvalue weighted by molar-refractivity contribution is 5.87. The van der Waals surface area contributed by atoms with Crippen LogP contribution in [0.15, 0.2) is 18.4 Å². The van der Waals surface area contributed by atoms with Crippen molar-refractivity contribution in [3.63, 3.8) is 0 Å². The van der Waals surface area contributed by atoms with E-state index in [1.807, 2.05) is 5.32 Å². The van der Waals surface area contributed by atoms with Crippen molar-refractivity contribution in [3.8, 4) is 0 Å². The van der Waals surface area contributed by atoms with Crippen LogP contribution in [-0.2, 0) is 9.53 Å². The Balaban J connectivity index is 3.86. The van der Waals surface area contributed by atoms with Crippen LogP contribution in [-0.4, -0.2) is 32.1 Å². The molecule has 0 fully saturated rings. The highest BCUT2D eigenvalue weighted by Crippen LogP contribution is 2.11. The zero-order valence-corrected chi connectivity index (χ0v) is 7.27. The van der Waals surface area contributed by atoms with Crippen molar-refractivity contribution in [1.29, 1.82) is 0 Å². The Morgan fingerprint density at radius 2 is 2.38 bits per heavy atom. The summed E-state index contributed by atoms with van der Waals surface area (Å²) in [7, 11) is 1.17. The maximum Gasteiger partial charge on any atom is 0.287 e. The molecule has 0 saturated heterocycles. The van der Waals surface area contributed by atoms with Crippen LogP contribution >= 0.6 is 0 Å². The van der Waals surface area contributed by atoms with Crippen LogP contribution in [0.3, 0.4) is 0 Å². The molecule has 1 N–H and O–H groups in total. The topological polar surface area (TPSA) is 38.3 Å². The summed E-state index contributed by atoms with van der Waals surface area (Å²) in [5, 5.41) is 1.98. The smallest absolute Gasteiger partial charge is 0.287 e. The fourth-order valence-electron chi connectivity index (χ4n) is 0.622. The Hall–Kier alpha value is -1.19. The molecule has 0 saturated carbocycles. The molecule has 13 heavy (non-hydrogen) atoms. The van der Waals surface area contributed by atoms with Gasteiger partial charge in [-0.25, -0.2) is 8.78 Å². The number of hydrogen-bond acceptors (Lipinski definition) is 2. The van der Waals surface area contributed by atoms with Gasteiger partial charge in [-0.1, -0.05) is 6.58 Å². The van der Waals surface area contributed by atoms with Crippen LogP contribution in [0.25, 0.3) is 0 Å². The van der Waals surface area contributed by atoms with Crippen molar-refractivity contribution in [2.24, 2.45) is 0 Å². The summed E-state index contributed by atoms with van der Waals surface area (Å²) < 4.78 is 29.5. The number of nitrogens with one attached hydrogen (secondary N) is 1. The van der Waals surface area contributed by atoms with Crippen LogP contribution in [0, 0.1) is 0 Å². The number of carbonyl (C=O) groups excluding carboxylic acids is 1. The number of methoxy groups -OCH3 is 1. The molecule has 74 valence electrons. The van der Waals surface area contributed by atoms with Gasteiger partial charge in [-0.2, -0.15) is 0 Å². The summed E-state index contributed by atoms with van der Waals surface area (Å²) >= 11 is 0. The minimum absolute atomic E-state index is 0.647. The number of carbonyl (C=O) groups is 1. The van der Waals surface area contributed by atoms with Crippen molar-refractivity contribution in [2.75, 3.05) is 20.3 Å². The number of alkyl halides is 2. The van der Waals surface area contributed by atoms with E-state index in [9.17, 15) is 13.6 Å². The minimum Gasteiger partial charge on any atom is -0.378 e. The number of amides is 1. The first kappa shape index (κ1) is 11.8. The van der Waals surface area contributed by atoms with Gasteiger partial charge in [0, 0.05) is 13.2 Å². The zero-order chi connectivity index (χ0) is 10.3. The fourth-order valence-corrected chi connectivity index (χ4v) is 0.622. The molecule has 0 aliphatic carbocycles. The molecule has 0 aromatic heterocycles. The Bertz CT molecular complexity index is 222. The summed E-state index contributed by atoms with van der Waals surface area (Å²) in [5.41, 5.74) is 2.17. The standard InChI is InChI=1S/C8H11F2NO2/c1-3-4-7(12)11-5-8(9,10)6-13-2/h4H,1,5-6H2,2H3,(H,11,12). The average molecular weight is 191 g/mol. The SMILES string of the molecule is C=C=CC(=O)NCC(F)(F)COC. The summed E-state index contributed by atoms with van der Waals surface area (Å²) in [4.78, 5) is 10.7. The molecule has 0 bridgehead atoms. The molecule has 1 amide bonds. The lowest BCUT2D eigenvalue weighted by Crippen LogP contribution is -2.38. The largest absolute Gasteiger partial charge is 0.378 e. The van der Waals surface area contributed by atoms with E-state index >= 15 is 0 Å². The van der Waals surface area contributed by atoms with Gasteiger partial charge in [0.1, 0.15) is 6.61 Å². The molecule has 0 aromatic carbocycles. The van der Waals surface area contributed by atoms with Crippen molar-refractivity contribution >= 4 is 5.91 Å². The van der Waals surface area contributed by atoms with Gasteiger partial charge in [0.2, 0.25) is 0 Å². The van der Waals surface area contributed by atoms with Crippen LogP contribution in [0.2, 0.25) is 0 Å². The van der Waals surface area contributed by atoms with E-state index < -0.39 is 25.0 Å². The second kappa shape index (κ2) is 5.45. The third kappa shape index (κ3) is 6.02. The summed E-state index contributed by atoms with van der Waals surface area (Å²) in [6.07, 6.45) is 0.947. The van der Waals surface area contributed by atoms with E-state index in [2.05, 4.69) is 17.0 Å². The predicted octanol–water partition coefficient (Wildman–Crippen LogP) is 0.725. The molecule has 0 atom stereocenters. The van der Waals surface area contributed by atoms with E-state index in [-0.39, 0.29) is 0 Å². The van der Waals surface area contributed by atoms with Gasteiger partial charge in [-0.05, 0) is 0 Å². The minimum atomic E-state index is -3.04. The van der Waals surface area contributed by atoms with E-state index in [1.165, 1.54) is 7.11 Å². The molecule has 0 aliphatic rings. The third-order valence-corrected chi connectivity index (χ3v) is 1.11. The Kier molecular flexibility index (Phi) is 4.96. The van der Waals surface area contributed by atoms with Crippen LogP contribution in [0.5, 0.6) is 0 Å². The molecular formula is C8H11F2NO2. The lowest BCUT2D eigenvalue weighted by molar-refractivity contribution is -0.119. The normalized spacial score (nSPS) is 10.4. The van der Waals surface area contributed by atoms with Crippen molar-refractivity contribution in [2.45, 2.75) is 5.92 Å². The van der Waals surface area contributed by atoms with Gasteiger partial charge in [0.25, 0.3) is 11.8 Å². The first-order chi connectivity index (χ1) is 6.02. The van der Waals surface area contributed by atoms with Crippen molar-refractivity contribution in [3.05, 3.63) is 18.4 Å². The number of halogens is 2. The monoisotopic (exact) mass is 191 g/mol. The highest BCUT2D eigenvalue weighted by atomic mass is 19.3. The van der Waals surface area contributed by atoms with E-state index in [4.69, 9.17) is 0 Å². The molecule has 0 unspecified atom stereocenters. The third-order valence-electron chi connectivity index (χ3n) is 1.11. The maximum atomic E-state index is 12.6. The second-order valence-electron chi connectivity index (χ2n) is 2.36. The number of ether oxygens (including phenoxy) is 1. The van der Waals surface area contributed by atoms with Gasteiger partial charge in [0.05, 0.1) is 6.54 Å². The lowest BCUT2D eigenvalue weighted by Gasteiger charge is -2.14. The quantitative estimate of drug-likeness (QED) is 0.513. The zero-order valence-electron chi connectivity index (χ0n) is 7.27. The fraction of sp³-hybridized carbons (Fsp3) is 0.500. The number of rotatable bonds is 5. The van der Waals surface area contributed by atoms with E-state index in [0.29, 0.717) is 0 Å². The van der Waals surface area contributed by atoms with Crippen molar-refractivity contribution in [1.82, 2.24) is 5.32 Å². The van der Waals surface area contributed by atoms with E-state index in [0.717, 1.165) is 6.08 Å². The molecular weight excluding hydrogens is 180 g/mol. The first-order valence-corrected chi connectivity index (χ1v) is 3.52. The molecule has 0 spiro atoms. The lowest BCUT2D eigenvalue weighted by atomic mass is 10.3. The Morgan fingerprint density at radius 3 is 2.85 bits per heavy atom. The van der Waals surface area contributed by atoms with Gasteiger partial charge in [-0.3, -0.25) is 4.79 Å². The Labute approximate surface area is 75.1 Å². The molecule has 3 nitrogen and oxygen atoms in total. The second-order valence-corrected chi connectivity index (χ2v) is 2.36. The molecule has 0 aliphatic heterocycles.